The highest BCUT2D eigenvalue weighted by atomic mass is 16.6. The first-order valence-electron chi connectivity index (χ1n) is 16.2. The Labute approximate surface area is 284 Å². The molecule has 0 aromatic heterocycles. The molecule has 0 amide bonds. The molecule has 0 spiro atoms. The minimum absolute atomic E-state index is 0.136. The van der Waals surface area contributed by atoms with Crippen LogP contribution in [0.1, 0.15) is 75.1 Å². The van der Waals surface area contributed by atoms with Crippen LogP contribution in [0.2, 0.25) is 0 Å². The van der Waals surface area contributed by atoms with Crippen molar-refractivity contribution in [2.24, 2.45) is 28.1 Å². The van der Waals surface area contributed by atoms with Crippen molar-refractivity contribution in [3.05, 3.63) is 84.4 Å². The lowest BCUT2D eigenvalue weighted by atomic mass is 9.39. The molecular weight excluding hydrogens is 632 g/mol. The number of benzene rings is 2. The van der Waals surface area contributed by atoms with Gasteiger partial charge in [-0.25, -0.2) is 9.59 Å². The van der Waals surface area contributed by atoms with E-state index in [1.54, 1.807) is 76.2 Å². The number of ketones is 2. The first-order valence-corrected chi connectivity index (χ1v) is 16.2. The Morgan fingerprint density at radius 2 is 1.31 bits per heavy atom. The third kappa shape index (κ3) is 5.77. The number of carbonyl (C=O) groups excluding carboxylic acids is 6. The summed E-state index contributed by atoms with van der Waals surface area (Å²) < 4.78 is 23.7. The zero-order valence-corrected chi connectivity index (χ0v) is 28.5. The molecule has 0 radical (unpaired) electrons. The van der Waals surface area contributed by atoms with E-state index in [1.165, 1.54) is 18.2 Å². The highest BCUT2D eigenvalue weighted by Gasteiger charge is 2.78. The normalized spacial score (nSPS) is 34.8. The molecule has 0 bridgehead atoms. The van der Waals surface area contributed by atoms with Gasteiger partial charge < -0.3 is 24.1 Å². The fourth-order valence-electron chi connectivity index (χ4n) is 8.69. The van der Waals surface area contributed by atoms with Gasteiger partial charge in [-0.3, -0.25) is 19.2 Å². The fraction of sp³-hybridized carbons (Fsp3) is 0.474. The Bertz CT molecular complexity index is 1680. The van der Waals surface area contributed by atoms with E-state index >= 15 is 0 Å². The van der Waals surface area contributed by atoms with Crippen LogP contribution in [0.3, 0.4) is 0 Å². The smallest absolute Gasteiger partial charge is 0.338 e. The topological polar surface area (TPSA) is 160 Å². The van der Waals surface area contributed by atoms with Crippen molar-refractivity contribution in [3.63, 3.8) is 0 Å². The van der Waals surface area contributed by atoms with Crippen LogP contribution >= 0.6 is 0 Å². The summed E-state index contributed by atoms with van der Waals surface area (Å²) in [5.74, 6) is -6.87. The van der Waals surface area contributed by atoms with E-state index in [-0.39, 0.29) is 24.0 Å². The molecule has 0 unspecified atom stereocenters. The third-order valence-corrected chi connectivity index (χ3v) is 10.9. The average molecular weight is 675 g/mol. The minimum atomic E-state index is -2.55. The zero-order chi connectivity index (χ0) is 36.1. The Kier molecular flexibility index (Phi) is 9.22. The van der Waals surface area contributed by atoms with Crippen molar-refractivity contribution >= 4 is 35.4 Å². The van der Waals surface area contributed by atoms with Crippen molar-refractivity contribution in [1.29, 1.82) is 0 Å². The van der Waals surface area contributed by atoms with Crippen LogP contribution in [0, 0.1) is 28.1 Å². The second kappa shape index (κ2) is 12.7. The van der Waals surface area contributed by atoms with Crippen LogP contribution in [0.5, 0.6) is 0 Å². The Morgan fingerprint density at radius 3 is 1.80 bits per heavy atom. The van der Waals surface area contributed by atoms with Gasteiger partial charge in [0.15, 0.2) is 29.4 Å². The predicted octanol–water partition coefficient (Wildman–Crippen LogP) is 4.45. The van der Waals surface area contributed by atoms with E-state index in [1.807, 2.05) is 0 Å². The number of ether oxygens (including phenoxy) is 4. The van der Waals surface area contributed by atoms with Gasteiger partial charge in [0.25, 0.3) is 0 Å². The highest BCUT2D eigenvalue weighted by Crippen LogP contribution is 2.67. The van der Waals surface area contributed by atoms with E-state index in [0.29, 0.717) is 0 Å². The molecule has 9 atom stereocenters. The molecule has 5 rings (SSSR count). The molecule has 1 N–H and O–H groups in total. The number of hydrogen-bond acceptors (Lipinski definition) is 11. The van der Waals surface area contributed by atoms with Gasteiger partial charge in [0, 0.05) is 37.0 Å². The molecule has 49 heavy (non-hydrogen) atoms. The van der Waals surface area contributed by atoms with Gasteiger partial charge in [-0.1, -0.05) is 63.2 Å². The van der Waals surface area contributed by atoms with Crippen molar-refractivity contribution in [2.45, 2.75) is 84.4 Å². The maximum absolute atomic E-state index is 14.7. The van der Waals surface area contributed by atoms with Crippen LogP contribution in [-0.4, -0.2) is 70.6 Å². The molecule has 3 fully saturated rings. The van der Waals surface area contributed by atoms with E-state index in [2.05, 4.69) is 6.58 Å². The summed E-state index contributed by atoms with van der Waals surface area (Å²) in [5.41, 5.74) is -6.67. The molecule has 11 heteroatoms. The third-order valence-electron chi connectivity index (χ3n) is 10.9. The molecule has 3 saturated carbocycles. The van der Waals surface area contributed by atoms with Crippen LogP contribution in [0.15, 0.2) is 73.3 Å². The Balaban J connectivity index is 1.79. The maximum Gasteiger partial charge on any atom is 0.338 e. The summed E-state index contributed by atoms with van der Waals surface area (Å²) >= 11 is 0. The second-order valence-electron chi connectivity index (χ2n) is 14.3. The summed E-state index contributed by atoms with van der Waals surface area (Å²) in [7, 11) is 0. The number of aliphatic hydroxyl groups is 1. The molecule has 11 nitrogen and oxygen atoms in total. The predicted molar refractivity (Wildman–Crippen MR) is 174 cm³/mol. The summed E-state index contributed by atoms with van der Waals surface area (Å²) in [4.78, 5) is 81.6. The van der Waals surface area contributed by atoms with Gasteiger partial charge >= 0.3 is 23.9 Å². The van der Waals surface area contributed by atoms with Gasteiger partial charge in [-0.2, -0.15) is 0 Å². The highest BCUT2D eigenvalue weighted by molar-refractivity contribution is 5.98. The lowest BCUT2D eigenvalue weighted by molar-refractivity contribution is -0.286. The molecular formula is C38H42O11. The average Bonchev–Trinajstić information content (AvgIpc) is 3.05. The number of allylic oxidation sites excluding steroid dienone is 1. The molecule has 3 aliphatic carbocycles. The SMILES string of the molecule is C=C[C@@]1(C)C[C@@H](OC(=O)c2ccccc2)[C@H]2[C@](O)(C1=O)[C@H](OC(C)=O)C[C@H]1C(C)(C)C(=O)[C@H](OC(C)=O)[C@H](OC(=O)c3ccccc3)[C@@]12C. The Hall–Kier alpha value is -4.64. The molecule has 260 valence electrons. The molecule has 3 aliphatic rings. The number of fused-ring (bicyclic) bond motifs is 3. The maximum atomic E-state index is 14.7. The molecule has 2 aromatic carbocycles. The quantitative estimate of drug-likeness (QED) is 0.251. The number of hydrogen-bond donors (Lipinski definition) is 1. The molecule has 0 heterocycles. The first kappa shape index (κ1) is 35.7. The number of Topliss-reactive ketones (excluding diaryl/α,β-unsaturated/α-hetero) is 2. The number of rotatable bonds is 7. The lowest BCUT2D eigenvalue weighted by Gasteiger charge is -2.67. The van der Waals surface area contributed by atoms with E-state index in [0.717, 1.165) is 13.8 Å². The van der Waals surface area contributed by atoms with Crippen molar-refractivity contribution in [3.8, 4) is 0 Å². The first-order chi connectivity index (χ1) is 22.9. The summed E-state index contributed by atoms with van der Waals surface area (Å²) in [6.45, 7) is 12.5. The summed E-state index contributed by atoms with van der Waals surface area (Å²) in [6.07, 6.45) is -5.04. The molecule has 0 aliphatic heterocycles. The van der Waals surface area contributed by atoms with Crippen LogP contribution in [0.25, 0.3) is 0 Å². The fourth-order valence-corrected chi connectivity index (χ4v) is 8.69. The van der Waals surface area contributed by atoms with Crippen molar-refractivity contribution in [2.75, 3.05) is 0 Å². The monoisotopic (exact) mass is 674 g/mol. The largest absolute Gasteiger partial charge is 0.459 e. The van der Waals surface area contributed by atoms with E-state index in [4.69, 9.17) is 18.9 Å². The number of esters is 4. The number of carbonyl (C=O) groups is 6. The second-order valence-corrected chi connectivity index (χ2v) is 14.3. The van der Waals surface area contributed by atoms with E-state index < -0.39 is 93.5 Å². The Morgan fingerprint density at radius 1 is 0.796 bits per heavy atom. The van der Waals surface area contributed by atoms with Crippen molar-refractivity contribution < 1.29 is 52.8 Å². The molecule has 2 aromatic rings. The zero-order valence-electron chi connectivity index (χ0n) is 28.5. The van der Waals surface area contributed by atoms with Crippen molar-refractivity contribution in [1.82, 2.24) is 0 Å². The van der Waals surface area contributed by atoms with Gasteiger partial charge in [-0.05, 0) is 43.5 Å². The summed E-state index contributed by atoms with van der Waals surface area (Å²) in [6, 6.07) is 16.1. The summed E-state index contributed by atoms with van der Waals surface area (Å²) in [5, 5.41) is 13.0. The van der Waals surface area contributed by atoms with Gasteiger partial charge in [0.2, 0.25) is 0 Å². The lowest BCUT2D eigenvalue weighted by Crippen LogP contribution is -2.80. The standard InChI is InChI=1S/C38H42O11/c1-8-36(6)20-25(48-32(42)23-15-11-9-12-16-23)29-37(7)26(19-27(46-21(2)39)38(29,45)34(36)44)35(4,5)30(41)28(47-22(3)40)31(37)49-33(43)24-17-13-10-14-18-24/h8-18,25-29,31,45H,1,19-20H2,2-7H3/t25-,26+,27-,28+,29-,31+,36+,37+,38+/m1/s1. The minimum Gasteiger partial charge on any atom is -0.459 e. The molecule has 0 saturated heterocycles. The van der Waals surface area contributed by atoms with E-state index in [9.17, 15) is 33.9 Å². The van der Waals surface area contributed by atoms with Crippen LogP contribution in [-0.2, 0) is 38.1 Å². The van der Waals surface area contributed by atoms with Crippen LogP contribution < -0.4 is 0 Å². The van der Waals surface area contributed by atoms with Gasteiger partial charge in [-0.15, -0.1) is 6.58 Å². The van der Waals surface area contributed by atoms with Gasteiger partial charge in [0.05, 0.1) is 16.5 Å². The van der Waals surface area contributed by atoms with Gasteiger partial charge in [0.1, 0.15) is 12.2 Å². The van der Waals surface area contributed by atoms with Crippen LogP contribution in [0.4, 0.5) is 0 Å².